The molecule has 0 aliphatic carbocycles. The fourth-order valence-corrected chi connectivity index (χ4v) is 3.59. The molecule has 0 spiro atoms. The maximum absolute atomic E-state index is 13.0. The molecule has 4 rings (SSSR count). The molecule has 4 aromatic rings. The summed E-state index contributed by atoms with van der Waals surface area (Å²) in [6, 6.07) is 8.58. The van der Waals surface area contributed by atoms with Gasteiger partial charge in [-0.15, -0.1) is 0 Å². The first-order valence-electron chi connectivity index (χ1n) is 9.28. The minimum Gasteiger partial charge on any atom is -0.463 e. The van der Waals surface area contributed by atoms with E-state index < -0.39 is 6.04 Å². The van der Waals surface area contributed by atoms with Crippen LogP contribution in [0.1, 0.15) is 36.8 Å². The molecule has 1 amide bonds. The Labute approximate surface area is 161 Å². The van der Waals surface area contributed by atoms with E-state index in [0.29, 0.717) is 29.0 Å². The summed E-state index contributed by atoms with van der Waals surface area (Å²) in [5, 5.41) is 7.38. The Hall–Kier alpha value is -3.35. The number of nitrogens with one attached hydrogen (secondary N) is 1. The highest BCUT2D eigenvalue weighted by atomic mass is 16.3. The van der Waals surface area contributed by atoms with Gasteiger partial charge in [0.05, 0.1) is 11.8 Å². The van der Waals surface area contributed by atoms with Crippen LogP contribution in [0.25, 0.3) is 16.6 Å². The van der Waals surface area contributed by atoms with Crippen molar-refractivity contribution in [3.05, 3.63) is 63.9 Å². The number of aryl methyl sites for hydroxylation is 3. The van der Waals surface area contributed by atoms with Crippen LogP contribution >= 0.6 is 0 Å². The smallest absolute Gasteiger partial charge is 0.291 e. The Morgan fingerprint density at radius 1 is 1.18 bits per heavy atom. The lowest BCUT2D eigenvalue weighted by atomic mass is 10.1. The molecule has 0 fully saturated rings. The molecule has 7 heteroatoms. The lowest BCUT2D eigenvalue weighted by molar-refractivity contribution is -0.119. The molecule has 144 valence electrons. The first kappa shape index (κ1) is 18.0. The fraction of sp³-hybridized carbons (Fsp3) is 0.286. The highest BCUT2D eigenvalue weighted by molar-refractivity contribution is 5.93. The summed E-state index contributed by atoms with van der Waals surface area (Å²) in [6.45, 7) is 7.59. The monoisotopic (exact) mass is 378 g/mol. The van der Waals surface area contributed by atoms with Crippen LogP contribution in [0.3, 0.4) is 0 Å². The van der Waals surface area contributed by atoms with Crippen molar-refractivity contribution in [2.45, 2.75) is 40.2 Å². The van der Waals surface area contributed by atoms with Crippen molar-refractivity contribution < 1.29 is 9.21 Å². The fourth-order valence-electron chi connectivity index (χ4n) is 3.59. The average molecular weight is 378 g/mol. The summed E-state index contributed by atoms with van der Waals surface area (Å²) in [6.07, 6.45) is 2.19. The van der Waals surface area contributed by atoms with Gasteiger partial charge in [-0.3, -0.25) is 14.0 Å². The zero-order valence-corrected chi connectivity index (χ0v) is 16.3. The minimum absolute atomic E-state index is 0.291. The summed E-state index contributed by atoms with van der Waals surface area (Å²) in [4.78, 5) is 25.8. The van der Waals surface area contributed by atoms with Crippen molar-refractivity contribution in [1.29, 1.82) is 0 Å². The number of carbonyl (C=O) groups is 1. The molecule has 1 unspecified atom stereocenters. The van der Waals surface area contributed by atoms with Crippen LogP contribution in [0.5, 0.6) is 0 Å². The van der Waals surface area contributed by atoms with Crippen molar-refractivity contribution >= 4 is 28.2 Å². The molecule has 0 saturated heterocycles. The predicted octanol–water partition coefficient (Wildman–Crippen LogP) is 3.62. The summed E-state index contributed by atoms with van der Waals surface area (Å²) in [5.41, 5.74) is 4.38. The van der Waals surface area contributed by atoms with Crippen molar-refractivity contribution in [3.63, 3.8) is 0 Å². The Bertz CT molecular complexity index is 1240. The van der Waals surface area contributed by atoms with Crippen molar-refractivity contribution in [2.75, 3.05) is 5.32 Å². The molecule has 7 nitrogen and oxygen atoms in total. The molecule has 3 heterocycles. The van der Waals surface area contributed by atoms with Crippen LogP contribution in [0.2, 0.25) is 0 Å². The SMILES string of the molecule is CCc1nn(C(C)C(=O)Nc2cc(C)cc(C)c2)c(=O)c2cc3occc3n12. The van der Waals surface area contributed by atoms with Gasteiger partial charge in [0.1, 0.15) is 17.4 Å². The molecule has 3 aromatic heterocycles. The molecule has 0 aliphatic rings. The number of carbonyl (C=O) groups excluding carboxylic acids is 1. The van der Waals surface area contributed by atoms with Gasteiger partial charge in [0.15, 0.2) is 5.58 Å². The number of amides is 1. The molecule has 1 atom stereocenters. The third-order valence-corrected chi connectivity index (χ3v) is 4.88. The first-order valence-corrected chi connectivity index (χ1v) is 9.28. The Morgan fingerprint density at radius 3 is 2.57 bits per heavy atom. The van der Waals surface area contributed by atoms with E-state index >= 15 is 0 Å². The van der Waals surface area contributed by atoms with Gasteiger partial charge in [0, 0.05) is 24.2 Å². The van der Waals surface area contributed by atoms with Gasteiger partial charge in [0.25, 0.3) is 5.56 Å². The number of hydrogen-bond acceptors (Lipinski definition) is 4. The predicted molar refractivity (Wildman–Crippen MR) is 108 cm³/mol. The molecule has 0 saturated carbocycles. The van der Waals surface area contributed by atoms with Crippen LogP contribution in [0, 0.1) is 13.8 Å². The molecule has 28 heavy (non-hydrogen) atoms. The van der Waals surface area contributed by atoms with Gasteiger partial charge >= 0.3 is 0 Å². The largest absolute Gasteiger partial charge is 0.463 e. The second-order valence-electron chi connectivity index (χ2n) is 7.10. The number of hydrogen-bond donors (Lipinski definition) is 1. The van der Waals surface area contributed by atoms with E-state index in [2.05, 4.69) is 10.4 Å². The highest BCUT2D eigenvalue weighted by Gasteiger charge is 2.22. The summed E-state index contributed by atoms with van der Waals surface area (Å²) < 4.78 is 8.48. The number of rotatable bonds is 4. The third-order valence-electron chi connectivity index (χ3n) is 4.88. The van der Waals surface area contributed by atoms with E-state index in [-0.39, 0.29) is 11.5 Å². The standard InChI is InChI=1S/C21H22N4O3/c1-5-19-23-25(21(27)17-11-18-16(24(17)19)6-7-28-18)14(4)20(26)22-15-9-12(2)8-13(3)10-15/h6-11,14H,5H2,1-4H3,(H,22,26). The van der Waals surface area contributed by atoms with E-state index in [1.165, 1.54) is 4.68 Å². The number of benzene rings is 1. The molecule has 0 radical (unpaired) electrons. The maximum atomic E-state index is 13.0. The van der Waals surface area contributed by atoms with Crippen molar-refractivity contribution in [1.82, 2.24) is 14.2 Å². The highest BCUT2D eigenvalue weighted by Crippen LogP contribution is 2.21. The molecule has 0 bridgehead atoms. The third kappa shape index (κ3) is 2.89. The van der Waals surface area contributed by atoms with E-state index in [1.54, 1.807) is 23.7 Å². The number of furan rings is 1. The van der Waals surface area contributed by atoms with Crippen LogP contribution < -0.4 is 10.9 Å². The number of nitrogens with zero attached hydrogens (tertiary/aromatic N) is 3. The Balaban J connectivity index is 1.76. The quantitative estimate of drug-likeness (QED) is 0.588. The topological polar surface area (TPSA) is 81.5 Å². The van der Waals surface area contributed by atoms with Crippen LogP contribution in [-0.4, -0.2) is 20.1 Å². The number of anilines is 1. The summed E-state index contributed by atoms with van der Waals surface area (Å²) in [5.74, 6) is 0.401. The lowest BCUT2D eigenvalue weighted by Crippen LogP contribution is -2.35. The van der Waals surface area contributed by atoms with Gasteiger partial charge in [-0.1, -0.05) is 13.0 Å². The normalized spacial score (nSPS) is 12.6. The molecule has 1 N–H and O–H groups in total. The van der Waals surface area contributed by atoms with Crippen LogP contribution in [0.15, 0.2) is 45.8 Å². The van der Waals surface area contributed by atoms with Gasteiger partial charge in [-0.05, 0) is 44.0 Å². The van der Waals surface area contributed by atoms with E-state index in [4.69, 9.17) is 4.42 Å². The van der Waals surface area contributed by atoms with E-state index in [9.17, 15) is 9.59 Å². The van der Waals surface area contributed by atoms with Crippen LogP contribution in [-0.2, 0) is 11.2 Å². The molecular formula is C21H22N4O3. The lowest BCUT2D eigenvalue weighted by Gasteiger charge is -2.16. The minimum atomic E-state index is -0.759. The van der Waals surface area contributed by atoms with Crippen LogP contribution in [0.4, 0.5) is 5.69 Å². The second-order valence-corrected chi connectivity index (χ2v) is 7.10. The Kier molecular flexibility index (Phi) is 4.30. The zero-order valence-electron chi connectivity index (χ0n) is 16.3. The van der Waals surface area contributed by atoms with E-state index in [0.717, 1.165) is 16.6 Å². The summed E-state index contributed by atoms with van der Waals surface area (Å²) >= 11 is 0. The van der Waals surface area contributed by atoms with Gasteiger partial charge in [0.2, 0.25) is 5.91 Å². The number of aromatic nitrogens is 3. The zero-order chi connectivity index (χ0) is 20.0. The molecular weight excluding hydrogens is 356 g/mol. The van der Waals surface area contributed by atoms with E-state index in [1.807, 2.05) is 45.0 Å². The first-order chi connectivity index (χ1) is 13.4. The Morgan fingerprint density at radius 2 is 1.89 bits per heavy atom. The molecule has 1 aromatic carbocycles. The van der Waals surface area contributed by atoms with Gasteiger partial charge in [-0.25, -0.2) is 4.68 Å². The van der Waals surface area contributed by atoms with Gasteiger partial charge in [-0.2, -0.15) is 5.10 Å². The second kappa shape index (κ2) is 6.67. The summed E-state index contributed by atoms with van der Waals surface area (Å²) in [7, 11) is 0. The number of fused-ring (bicyclic) bond motifs is 3. The van der Waals surface area contributed by atoms with Crippen molar-refractivity contribution in [3.8, 4) is 0 Å². The molecule has 0 aliphatic heterocycles. The van der Waals surface area contributed by atoms with Gasteiger partial charge < -0.3 is 9.73 Å². The average Bonchev–Trinajstić information content (AvgIpc) is 3.22. The van der Waals surface area contributed by atoms with Crippen molar-refractivity contribution in [2.24, 2.45) is 0 Å². The maximum Gasteiger partial charge on any atom is 0.291 e.